The third kappa shape index (κ3) is 4.62. The van der Waals surface area contributed by atoms with Gasteiger partial charge in [0.25, 0.3) is 0 Å². The topological polar surface area (TPSA) is 90.0 Å². The van der Waals surface area contributed by atoms with Crippen LogP contribution >= 0.6 is 11.3 Å². The molecule has 27 heavy (non-hydrogen) atoms. The van der Waals surface area contributed by atoms with Crippen molar-refractivity contribution >= 4 is 33.1 Å². The number of hydrogen-bond acceptors (Lipinski definition) is 7. The summed E-state index contributed by atoms with van der Waals surface area (Å²) < 4.78 is 36.7. The number of benzene rings is 1. The van der Waals surface area contributed by atoms with E-state index in [4.69, 9.17) is 9.47 Å². The number of carbonyl (C=O) groups excluding carboxylic acids is 2. The zero-order chi connectivity index (χ0) is 19.4. The first-order valence-electron chi connectivity index (χ1n) is 8.32. The molecule has 0 atom stereocenters. The van der Waals surface area contributed by atoms with E-state index in [0.29, 0.717) is 31.2 Å². The Morgan fingerprint density at radius 2 is 1.78 bits per heavy atom. The van der Waals surface area contributed by atoms with Gasteiger partial charge in [0, 0.05) is 18.0 Å². The van der Waals surface area contributed by atoms with E-state index in [9.17, 15) is 18.0 Å². The first-order valence-corrected chi connectivity index (χ1v) is 10.6. The number of Topliss-reactive ketones (excluding diaryl/α,β-unsaturated/α-hetero) is 1. The quantitative estimate of drug-likeness (QED) is 0.536. The first-order chi connectivity index (χ1) is 12.9. The Labute approximate surface area is 161 Å². The van der Waals surface area contributed by atoms with Crippen molar-refractivity contribution in [1.29, 1.82) is 0 Å². The first kappa shape index (κ1) is 19.7. The van der Waals surface area contributed by atoms with Crippen LogP contribution in [0.3, 0.4) is 0 Å². The summed E-state index contributed by atoms with van der Waals surface area (Å²) in [4.78, 5) is 25.7. The highest BCUT2D eigenvalue weighted by Gasteiger charge is 2.26. The summed E-state index contributed by atoms with van der Waals surface area (Å²) in [5.41, 5.74) is 0.186. The minimum Gasteiger partial charge on any atom is -0.454 e. The molecule has 2 heterocycles. The van der Waals surface area contributed by atoms with Crippen LogP contribution in [0.5, 0.6) is 0 Å². The fourth-order valence-corrected chi connectivity index (χ4v) is 4.77. The van der Waals surface area contributed by atoms with Gasteiger partial charge >= 0.3 is 5.97 Å². The minimum absolute atomic E-state index is 0.103. The smallest absolute Gasteiger partial charge is 0.338 e. The number of ketones is 1. The number of esters is 1. The van der Waals surface area contributed by atoms with Crippen LogP contribution in [0.1, 0.15) is 24.9 Å². The molecule has 1 aliphatic heterocycles. The molecule has 1 aromatic carbocycles. The monoisotopic (exact) mass is 409 g/mol. The molecule has 0 saturated carbocycles. The van der Waals surface area contributed by atoms with E-state index >= 15 is 0 Å². The lowest BCUT2D eigenvalue weighted by atomic mass is 10.2. The number of hydrogen-bond donors (Lipinski definition) is 0. The molecule has 2 aromatic rings. The van der Waals surface area contributed by atoms with E-state index in [0.717, 1.165) is 4.88 Å². The van der Waals surface area contributed by atoms with Crippen molar-refractivity contribution in [2.75, 3.05) is 32.9 Å². The van der Waals surface area contributed by atoms with Crippen LogP contribution in [-0.2, 0) is 19.5 Å². The second kappa shape index (κ2) is 8.30. The predicted molar refractivity (Wildman–Crippen MR) is 99.7 cm³/mol. The maximum Gasteiger partial charge on any atom is 0.338 e. The van der Waals surface area contributed by atoms with Crippen molar-refractivity contribution in [3.8, 4) is 0 Å². The lowest BCUT2D eigenvalue weighted by Gasteiger charge is -2.26. The van der Waals surface area contributed by atoms with Crippen molar-refractivity contribution in [2.45, 2.75) is 11.8 Å². The van der Waals surface area contributed by atoms with Crippen molar-refractivity contribution in [2.24, 2.45) is 0 Å². The van der Waals surface area contributed by atoms with E-state index in [-0.39, 0.29) is 22.8 Å². The van der Waals surface area contributed by atoms with Crippen LogP contribution in [0.4, 0.5) is 0 Å². The summed E-state index contributed by atoms with van der Waals surface area (Å²) in [5.74, 6) is -0.945. The molecule has 7 nitrogen and oxygen atoms in total. The van der Waals surface area contributed by atoms with Crippen LogP contribution in [0, 0.1) is 6.92 Å². The standard InChI is InChI=1S/C18H19NO6S2/c1-13-2-7-17(26-13)16(20)12-25-18(21)14-3-5-15(6-4-14)27(22,23)19-8-10-24-11-9-19/h2-7H,8-12H2,1H3. The van der Waals surface area contributed by atoms with Gasteiger partial charge < -0.3 is 9.47 Å². The zero-order valence-electron chi connectivity index (χ0n) is 14.7. The molecule has 0 N–H and O–H groups in total. The lowest BCUT2D eigenvalue weighted by Crippen LogP contribution is -2.40. The molecule has 0 radical (unpaired) electrons. The summed E-state index contributed by atoms with van der Waals surface area (Å²) >= 11 is 1.34. The fraction of sp³-hybridized carbons (Fsp3) is 0.333. The average Bonchev–Trinajstić information content (AvgIpc) is 3.13. The Morgan fingerprint density at radius 3 is 2.37 bits per heavy atom. The van der Waals surface area contributed by atoms with Gasteiger partial charge in [0.15, 0.2) is 6.61 Å². The van der Waals surface area contributed by atoms with Crippen molar-refractivity contribution < 1.29 is 27.5 Å². The summed E-state index contributed by atoms with van der Waals surface area (Å²) in [7, 11) is -3.62. The maximum absolute atomic E-state index is 12.6. The molecule has 1 saturated heterocycles. The highest BCUT2D eigenvalue weighted by Crippen LogP contribution is 2.19. The van der Waals surface area contributed by atoms with Gasteiger partial charge in [0.2, 0.25) is 15.8 Å². The Hall–Kier alpha value is -2.07. The molecular formula is C18H19NO6S2. The third-order valence-corrected chi connectivity index (χ3v) is 7.00. The van der Waals surface area contributed by atoms with E-state index in [2.05, 4.69) is 0 Å². The van der Waals surface area contributed by atoms with E-state index < -0.39 is 16.0 Å². The zero-order valence-corrected chi connectivity index (χ0v) is 16.3. The average molecular weight is 409 g/mol. The van der Waals surface area contributed by atoms with Gasteiger partial charge in [0.05, 0.1) is 28.5 Å². The molecule has 0 aliphatic carbocycles. The Bertz CT molecular complexity index is 927. The van der Waals surface area contributed by atoms with Gasteiger partial charge in [-0.25, -0.2) is 13.2 Å². The normalized spacial score (nSPS) is 15.4. The number of thiophene rings is 1. The largest absolute Gasteiger partial charge is 0.454 e. The highest BCUT2D eigenvalue weighted by atomic mass is 32.2. The highest BCUT2D eigenvalue weighted by molar-refractivity contribution is 7.89. The SMILES string of the molecule is Cc1ccc(C(=O)COC(=O)c2ccc(S(=O)(=O)N3CCOCC3)cc2)s1. The molecule has 9 heteroatoms. The van der Waals surface area contributed by atoms with Gasteiger partial charge in [-0.2, -0.15) is 4.31 Å². The number of sulfonamides is 1. The number of ether oxygens (including phenoxy) is 2. The molecule has 1 aliphatic rings. The van der Waals surface area contributed by atoms with Crippen molar-refractivity contribution in [1.82, 2.24) is 4.31 Å². The fourth-order valence-electron chi connectivity index (χ4n) is 2.57. The number of carbonyl (C=O) groups is 2. The van der Waals surface area contributed by atoms with Crippen molar-refractivity contribution in [3.63, 3.8) is 0 Å². The van der Waals surface area contributed by atoms with E-state index in [1.165, 1.54) is 39.9 Å². The van der Waals surface area contributed by atoms with Crippen LogP contribution in [0.15, 0.2) is 41.3 Å². The molecule has 144 valence electrons. The van der Waals surface area contributed by atoms with Crippen LogP contribution in [-0.4, -0.2) is 57.4 Å². The molecule has 0 amide bonds. The lowest BCUT2D eigenvalue weighted by molar-refractivity contribution is 0.0475. The molecule has 0 bridgehead atoms. The Morgan fingerprint density at radius 1 is 1.11 bits per heavy atom. The van der Waals surface area contributed by atoms with Crippen LogP contribution < -0.4 is 0 Å². The van der Waals surface area contributed by atoms with Gasteiger partial charge in [-0.1, -0.05) is 0 Å². The van der Waals surface area contributed by atoms with Gasteiger partial charge in [-0.15, -0.1) is 11.3 Å². The number of morpholine rings is 1. The van der Waals surface area contributed by atoms with Crippen LogP contribution in [0.25, 0.3) is 0 Å². The van der Waals surface area contributed by atoms with E-state index in [1.54, 1.807) is 6.07 Å². The second-order valence-electron chi connectivity index (χ2n) is 5.95. The van der Waals surface area contributed by atoms with E-state index in [1.807, 2.05) is 13.0 Å². The summed E-state index contributed by atoms with van der Waals surface area (Å²) in [6.45, 7) is 2.86. The summed E-state index contributed by atoms with van der Waals surface area (Å²) in [5, 5.41) is 0. The summed E-state index contributed by atoms with van der Waals surface area (Å²) in [6.07, 6.45) is 0. The number of aryl methyl sites for hydroxylation is 1. The number of rotatable bonds is 6. The molecule has 1 aromatic heterocycles. The molecule has 1 fully saturated rings. The minimum atomic E-state index is -3.62. The van der Waals surface area contributed by atoms with Gasteiger partial charge in [0.1, 0.15) is 0 Å². The van der Waals surface area contributed by atoms with Gasteiger partial charge in [-0.3, -0.25) is 4.79 Å². The maximum atomic E-state index is 12.6. The number of nitrogens with zero attached hydrogens (tertiary/aromatic N) is 1. The Balaban J connectivity index is 1.62. The molecule has 0 spiro atoms. The molecule has 0 unspecified atom stereocenters. The predicted octanol–water partition coefficient (Wildman–Crippen LogP) is 2.12. The van der Waals surface area contributed by atoms with Gasteiger partial charge in [-0.05, 0) is 43.3 Å². The molecule has 3 rings (SSSR count). The summed E-state index contributed by atoms with van der Waals surface area (Å²) in [6, 6.07) is 9.03. The van der Waals surface area contributed by atoms with Crippen LogP contribution in [0.2, 0.25) is 0 Å². The molecular weight excluding hydrogens is 390 g/mol. The second-order valence-corrected chi connectivity index (χ2v) is 9.18. The van der Waals surface area contributed by atoms with Crippen molar-refractivity contribution in [3.05, 3.63) is 51.7 Å². The Kier molecular flexibility index (Phi) is 6.05. The third-order valence-electron chi connectivity index (χ3n) is 4.05.